The maximum atomic E-state index is 5.55. The van der Waals surface area contributed by atoms with Gasteiger partial charge in [0.15, 0.2) is 5.11 Å². The van der Waals surface area contributed by atoms with E-state index < -0.39 is 0 Å². The minimum Gasteiger partial charge on any atom is -0.362 e. The van der Waals surface area contributed by atoms with E-state index in [9.17, 15) is 0 Å². The lowest BCUT2D eigenvalue weighted by Gasteiger charge is -2.48. The van der Waals surface area contributed by atoms with Gasteiger partial charge in [-0.15, -0.1) is 0 Å². The molecule has 4 heteroatoms. The van der Waals surface area contributed by atoms with E-state index in [-0.39, 0.29) is 0 Å². The molecule has 1 saturated heterocycles. The second-order valence-corrected chi connectivity index (χ2v) is 8.09. The Morgan fingerprint density at radius 2 is 1.60 bits per heavy atom. The highest BCUT2D eigenvalue weighted by Crippen LogP contribution is 2.35. The van der Waals surface area contributed by atoms with Gasteiger partial charge in [-0.2, -0.15) is 0 Å². The number of nitrogens with zero attached hydrogens (tertiary/aromatic N) is 1. The molecule has 2 N–H and O–H groups in total. The summed E-state index contributed by atoms with van der Waals surface area (Å²) in [4.78, 5) is 2.77. The summed E-state index contributed by atoms with van der Waals surface area (Å²) in [6.07, 6.45) is 11.9. The summed E-state index contributed by atoms with van der Waals surface area (Å²) in [6.45, 7) is 4.45. The fourth-order valence-electron chi connectivity index (χ4n) is 4.46. The lowest BCUT2D eigenvalue weighted by Crippen LogP contribution is -2.58. The van der Waals surface area contributed by atoms with E-state index in [1.54, 1.807) is 0 Å². The number of hydrogen-bond donors (Lipinski definition) is 2. The Labute approximate surface area is 158 Å². The van der Waals surface area contributed by atoms with Crippen LogP contribution in [0.25, 0.3) is 0 Å². The SMILES string of the molecule is S=C(NCCc1ccccc1)NCC1(N2CCCCC2)CCCCC1. The van der Waals surface area contributed by atoms with Crippen LogP contribution in [0.4, 0.5) is 0 Å². The van der Waals surface area contributed by atoms with E-state index in [1.807, 2.05) is 0 Å². The molecule has 3 rings (SSSR count). The number of nitrogens with one attached hydrogen (secondary N) is 2. The van der Waals surface area contributed by atoms with Gasteiger partial charge in [0.05, 0.1) is 0 Å². The average molecular weight is 360 g/mol. The van der Waals surface area contributed by atoms with Gasteiger partial charge < -0.3 is 10.6 Å². The molecule has 1 aliphatic heterocycles. The van der Waals surface area contributed by atoms with Gasteiger partial charge in [-0.1, -0.05) is 56.0 Å². The third-order valence-corrected chi connectivity index (χ3v) is 6.22. The van der Waals surface area contributed by atoms with Crippen molar-refractivity contribution in [2.24, 2.45) is 0 Å². The van der Waals surface area contributed by atoms with Crippen molar-refractivity contribution < 1.29 is 0 Å². The average Bonchev–Trinajstić information content (AvgIpc) is 2.69. The van der Waals surface area contributed by atoms with Gasteiger partial charge in [0, 0.05) is 18.6 Å². The molecule has 0 aromatic heterocycles. The minimum atomic E-state index is 0.337. The van der Waals surface area contributed by atoms with Crippen LogP contribution >= 0.6 is 12.2 Å². The molecule has 138 valence electrons. The second kappa shape index (κ2) is 9.54. The van der Waals surface area contributed by atoms with E-state index in [4.69, 9.17) is 12.2 Å². The number of piperidine rings is 1. The van der Waals surface area contributed by atoms with Crippen LogP contribution in [0.1, 0.15) is 56.9 Å². The Balaban J connectivity index is 1.46. The number of likely N-dealkylation sites (tertiary alicyclic amines) is 1. The summed E-state index contributed by atoms with van der Waals surface area (Å²) < 4.78 is 0. The molecule has 1 saturated carbocycles. The highest BCUT2D eigenvalue weighted by atomic mass is 32.1. The van der Waals surface area contributed by atoms with Gasteiger partial charge in [-0.05, 0) is 63.0 Å². The van der Waals surface area contributed by atoms with Crippen LogP contribution in [-0.2, 0) is 6.42 Å². The molecular formula is C21H33N3S. The zero-order chi connectivity index (χ0) is 17.4. The van der Waals surface area contributed by atoms with Gasteiger partial charge in [0.25, 0.3) is 0 Å². The van der Waals surface area contributed by atoms with Crippen molar-refractivity contribution in [2.45, 2.75) is 63.3 Å². The molecule has 2 aliphatic rings. The predicted octanol–water partition coefficient (Wildman–Crippen LogP) is 3.88. The first-order chi connectivity index (χ1) is 12.3. The van der Waals surface area contributed by atoms with Gasteiger partial charge in [-0.3, -0.25) is 4.90 Å². The minimum absolute atomic E-state index is 0.337. The van der Waals surface area contributed by atoms with Crippen LogP contribution in [0.15, 0.2) is 30.3 Å². The van der Waals surface area contributed by atoms with Crippen molar-refractivity contribution in [2.75, 3.05) is 26.2 Å². The topological polar surface area (TPSA) is 27.3 Å². The predicted molar refractivity (Wildman–Crippen MR) is 110 cm³/mol. The third-order valence-electron chi connectivity index (χ3n) is 5.93. The van der Waals surface area contributed by atoms with Crippen LogP contribution in [0.5, 0.6) is 0 Å². The number of rotatable bonds is 6. The van der Waals surface area contributed by atoms with Crippen LogP contribution < -0.4 is 10.6 Å². The summed E-state index contributed by atoms with van der Waals surface area (Å²) in [5.74, 6) is 0. The van der Waals surface area contributed by atoms with Crippen molar-refractivity contribution >= 4 is 17.3 Å². The molecule has 3 nitrogen and oxygen atoms in total. The summed E-state index contributed by atoms with van der Waals surface area (Å²) in [5, 5.41) is 7.77. The van der Waals surface area contributed by atoms with Gasteiger partial charge >= 0.3 is 0 Å². The van der Waals surface area contributed by atoms with E-state index in [0.29, 0.717) is 5.54 Å². The number of hydrogen-bond acceptors (Lipinski definition) is 2. The van der Waals surface area contributed by atoms with Gasteiger partial charge in [0.1, 0.15) is 0 Å². The highest BCUT2D eigenvalue weighted by Gasteiger charge is 2.38. The third kappa shape index (κ3) is 5.42. The molecular weight excluding hydrogens is 326 g/mol. The Hall–Kier alpha value is -1.13. The fraction of sp³-hybridized carbons (Fsp3) is 0.667. The maximum Gasteiger partial charge on any atom is 0.166 e. The summed E-state index contributed by atoms with van der Waals surface area (Å²) in [6, 6.07) is 10.6. The van der Waals surface area contributed by atoms with Gasteiger partial charge in [0.2, 0.25) is 0 Å². The monoisotopic (exact) mass is 359 g/mol. The lowest BCUT2D eigenvalue weighted by atomic mass is 9.79. The quantitative estimate of drug-likeness (QED) is 0.754. The largest absolute Gasteiger partial charge is 0.362 e. The van der Waals surface area contributed by atoms with Crippen molar-refractivity contribution in [3.63, 3.8) is 0 Å². The molecule has 0 unspecified atom stereocenters. The molecule has 1 aliphatic carbocycles. The Kier molecular flexibility index (Phi) is 7.12. The molecule has 0 bridgehead atoms. The standard InChI is InChI=1S/C21H33N3S/c25-20(22-15-12-19-10-4-1-5-11-19)23-18-21(13-6-2-7-14-21)24-16-8-3-9-17-24/h1,4-5,10-11H,2-3,6-9,12-18H2,(H2,22,23,25). The summed E-state index contributed by atoms with van der Waals surface area (Å²) >= 11 is 5.55. The Morgan fingerprint density at radius 1 is 0.920 bits per heavy atom. The normalized spacial score (nSPS) is 20.8. The molecule has 1 aromatic carbocycles. The smallest absolute Gasteiger partial charge is 0.166 e. The zero-order valence-corrected chi connectivity index (χ0v) is 16.3. The number of thiocarbonyl (C=S) groups is 1. The molecule has 1 aromatic rings. The van der Waals surface area contributed by atoms with E-state index in [2.05, 4.69) is 45.9 Å². The van der Waals surface area contributed by atoms with Crippen molar-refractivity contribution in [3.05, 3.63) is 35.9 Å². The zero-order valence-electron chi connectivity index (χ0n) is 15.4. The van der Waals surface area contributed by atoms with E-state index in [1.165, 1.54) is 70.0 Å². The Morgan fingerprint density at radius 3 is 2.32 bits per heavy atom. The van der Waals surface area contributed by atoms with Crippen molar-refractivity contribution in [1.29, 1.82) is 0 Å². The number of benzene rings is 1. The Bertz CT molecular complexity index is 519. The van der Waals surface area contributed by atoms with Crippen molar-refractivity contribution in [3.8, 4) is 0 Å². The van der Waals surface area contributed by atoms with Crippen LogP contribution in [0.3, 0.4) is 0 Å². The molecule has 0 atom stereocenters. The molecule has 0 radical (unpaired) electrons. The van der Waals surface area contributed by atoms with Crippen molar-refractivity contribution in [1.82, 2.24) is 15.5 Å². The molecule has 2 fully saturated rings. The van der Waals surface area contributed by atoms with Gasteiger partial charge in [-0.25, -0.2) is 0 Å². The van der Waals surface area contributed by atoms with E-state index in [0.717, 1.165) is 24.6 Å². The summed E-state index contributed by atoms with van der Waals surface area (Å²) in [7, 11) is 0. The molecule has 1 heterocycles. The maximum absolute atomic E-state index is 5.55. The first-order valence-corrected chi connectivity index (χ1v) is 10.5. The lowest BCUT2D eigenvalue weighted by molar-refractivity contribution is 0.0369. The highest BCUT2D eigenvalue weighted by molar-refractivity contribution is 7.80. The fourth-order valence-corrected chi connectivity index (χ4v) is 4.63. The first-order valence-electron chi connectivity index (χ1n) is 10.1. The van der Waals surface area contributed by atoms with Crippen LogP contribution in [-0.4, -0.2) is 41.7 Å². The first kappa shape index (κ1) is 18.7. The second-order valence-electron chi connectivity index (χ2n) is 7.68. The van der Waals surface area contributed by atoms with Crippen LogP contribution in [0, 0.1) is 0 Å². The van der Waals surface area contributed by atoms with E-state index >= 15 is 0 Å². The summed E-state index contributed by atoms with van der Waals surface area (Å²) in [5.41, 5.74) is 1.69. The molecule has 0 amide bonds. The van der Waals surface area contributed by atoms with Crippen LogP contribution in [0.2, 0.25) is 0 Å². The molecule has 0 spiro atoms. The molecule has 25 heavy (non-hydrogen) atoms.